The van der Waals surface area contributed by atoms with Crippen molar-refractivity contribution in [1.29, 1.82) is 0 Å². The summed E-state index contributed by atoms with van der Waals surface area (Å²) >= 11 is 0. The maximum absolute atomic E-state index is 12.2. The topological polar surface area (TPSA) is 88.8 Å². The Labute approximate surface area is 151 Å². The minimum absolute atomic E-state index is 0.154. The lowest BCUT2D eigenvalue weighted by Crippen LogP contribution is -2.33. The molecule has 8 heteroatoms. The maximum Gasteiger partial charge on any atom is 0.322 e. The summed E-state index contributed by atoms with van der Waals surface area (Å²) in [6.07, 6.45) is 5.74. The van der Waals surface area contributed by atoms with Crippen LogP contribution in [0.2, 0.25) is 0 Å². The van der Waals surface area contributed by atoms with E-state index in [4.69, 9.17) is 0 Å². The van der Waals surface area contributed by atoms with E-state index < -0.39 is 0 Å². The third kappa shape index (κ3) is 3.22. The lowest BCUT2D eigenvalue weighted by atomic mass is 10.3. The van der Waals surface area contributed by atoms with Crippen molar-refractivity contribution in [3.63, 3.8) is 0 Å². The summed E-state index contributed by atoms with van der Waals surface area (Å²) in [4.78, 5) is 27.3. The SMILES string of the molecule is CC(C)n1ccc(-c2cnc3ccc(NC(=O)N(C)C4CC4)nc3n2)n1. The van der Waals surface area contributed by atoms with Crippen molar-refractivity contribution in [2.24, 2.45) is 0 Å². The summed E-state index contributed by atoms with van der Waals surface area (Å²) in [5.41, 5.74) is 2.56. The number of aromatic nitrogens is 5. The van der Waals surface area contributed by atoms with Gasteiger partial charge in [-0.25, -0.2) is 14.8 Å². The molecule has 1 fully saturated rings. The van der Waals surface area contributed by atoms with Crippen molar-refractivity contribution in [1.82, 2.24) is 29.6 Å². The number of nitrogens with zero attached hydrogens (tertiary/aromatic N) is 6. The predicted octanol–water partition coefficient (Wildman–Crippen LogP) is 3.10. The molecule has 1 saturated carbocycles. The molecule has 0 spiro atoms. The second-order valence-corrected chi connectivity index (χ2v) is 6.84. The molecule has 0 saturated heterocycles. The Kier molecular flexibility index (Phi) is 4.02. The molecule has 1 aliphatic rings. The van der Waals surface area contributed by atoms with Crippen molar-refractivity contribution in [2.75, 3.05) is 12.4 Å². The maximum atomic E-state index is 12.2. The van der Waals surface area contributed by atoms with E-state index in [-0.39, 0.29) is 12.1 Å². The number of nitrogens with one attached hydrogen (secondary N) is 1. The van der Waals surface area contributed by atoms with E-state index >= 15 is 0 Å². The van der Waals surface area contributed by atoms with Crippen LogP contribution in [0.3, 0.4) is 0 Å². The van der Waals surface area contributed by atoms with Gasteiger partial charge in [0.25, 0.3) is 0 Å². The second-order valence-electron chi connectivity index (χ2n) is 6.84. The number of fused-ring (bicyclic) bond motifs is 1. The monoisotopic (exact) mass is 351 g/mol. The van der Waals surface area contributed by atoms with Crippen LogP contribution in [-0.2, 0) is 0 Å². The van der Waals surface area contributed by atoms with Crippen LogP contribution < -0.4 is 5.32 Å². The minimum atomic E-state index is -0.154. The van der Waals surface area contributed by atoms with Crippen molar-refractivity contribution in [2.45, 2.75) is 38.8 Å². The van der Waals surface area contributed by atoms with Crippen molar-refractivity contribution in [3.8, 4) is 11.4 Å². The minimum Gasteiger partial charge on any atom is -0.325 e. The largest absolute Gasteiger partial charge is 0.325 e. The summed E-state index contributed by atoms with van der Waals surface area (Å²) in [5, 5.41) is 7.34. The number of anilines is 1. The zero-order valence-electron chi connectivity index (χ0n) is 15.0. The molecule has 0 aromatic carbocycles. The first kappa shape index (κ1) is 16.4. The zero-order valence-corrected chi connectivity index (χ0v) is 15.0. The lowest BCUT2D eigenvalue weighted by Gasteiger charge is -2.16. The quantitative estimate of drug-likeness (QED) is 0.780. The molecule has 0 unspecified atom stereocenters. The molecular formula is C18H21N7O. The zero-order chi connectivity index (χ0) is 18.3. The second kappa shape index (κ2) is 6.36. The van der Waals surface area contributed by atoms with Gasteiger partial charge in [-0.3, -0.25) is 15.0 Å². The van der Waals surface area contributed by atoms with E-state index in [1.807, 2.05) is 16.9 Å². The predicted molar refractivity (Wildman–Crippen MR) is 98.7 cm³/mol. The summed E-state index contributed by atoms with van der Waals surface area (Å²) < 4.78 is 1.87. The first-order chi connectivity index (χ1) is 12.5. The highest BCUT2D eigenvalue weighted by Gasteiger charge is 2.29. The van der Waals surface area contributed by atoms with E-state index in [9.17, 15) is 4.79 Å². The van der Waals surface area contributed by atoms with Crippen LogP contribution in [0.5, 0.6) is 0 Å². The van der Waals surface area contributed by atoms with Crippen LogP contribution in [-0.4, -0.2) is 48.8 Å². The van der Waals surface area contributed by atoms with Gasteiger partial charge < -0.3 is 4.90 Å². The average molecular weight is 351 g/mol. The summed E-state index contributed by atoms with van der Waals surface area (Å²) in [6.45, 7) is 4.13. The number of hydrogen-bond acceptors (Lipinski definition) is 5. The smallest absolute Gasteiger partial charge is 0.322 e. The molecule has 26 heavy (non-hydrogen) atoms. The molecule has 3 aromatic rings. The van der Waals surface area contributed by atoms with E-state index in [1.165, 1.54) is 0 Å². The average Bonchev–Trinajstić information content (AvgIpc) is 3.36. The van der Waals surface area contributed by atoms with Gasteiger partial charge in [0.05, 0.1) is 6.20 Å². The fourth-order valence-corrected chi connectivity index (χ4v) is 2.68. The van der Waals surface area contributed by atoms with Gasteiger partial charge >= 0.3 is 6.03 Å². The molecule has 0 aliphatic heterocycles. The third-order valence-corrected chi connectivity index (χ3v) is 4.46. The highest BCUT2D eigenvalue weighted by molar-refractivity contribution is 5.89. The number of amides is 2. The van der Waals surface area contributed by atoms with Gasteiger partial charge in [0.15, 0.2) is 5.65 Å². The number of carbonyl (C=O) groups excluding carboxylic acids is 1. The molecule has 3 aromatic heterocycles. The molecule has 8 nitrogen and oxygen atoms in total. The third-order valence-electron chi connectivity index (χ3n) is 4.46. The number of pyridine rings is 1. The number of urea groups is 1. The fourth-order valence-electron chi connectivity index (χ4n) is 2.68. The Morgan fingerprint density at radius 3 is 2.73 bits per heavy atom. The Morgan fingerprint density at radius 2 is 2.04 bits per heavy atom. The first-order valence-corrected chi connectivity index (χ1v) is 8.74. The highest BCUT2D eigenvalue weighted by Crippen LogP contribution is 2.26. The molecule has 2 amide bonds. The number of carbonyl (C=O) groups is 1. The van der Waals surface area contributed by atoms with Gasteiger partial charge in [0.2, 0.25) is 0 Å². The molecule has 1 N–H and O–H groups in total. The molecule has 0 atom stereocenters. The molecule has 1 aliphatic carbocycles. The van der Waals surface area contributed by atoms with Crippen LogP contribution >= 0.6 is 0 Å². The van der Waals surface area contributed by atoms with Crippen LogP contribution in [0.1, 0.15) is 32.7 Å². The van der Waals surface area contributed by atoms with Gasteiger partial charge in [-0.15, -0.1) is 0 Å². The van der Waals surface area contributed by atoms with Gasteiger partial charge in [-0.2, -0.15) is 5.10 Å². The Balaban J connectivity index is 1.60. The van der Waals surface area contributed by atoms with E-state index in [2.05, 4.69) is 39.2 Å². The van der Waals surface area contributed by atoms with E-state index in [1.54, 1.807) is 30.3 Å². The molecule has 0 bridgehead atoms. The normalized spacial score (nSPS) is 14.0. The number of hydrogen-bond donors (Lipinski definition) is 1. The lowest BCUT2D eigenvalue weighted by molar-refractivity contribution is 0.220. The highest BCUT2D eigenvalue weighted by atomic mass is 16.2. The van der Waals surface area contributed by atoms with Crippen molar-refractivity contribution >= 4 is 23.0 Å². The van der Waals surface area contributed by atoms with Crippen LogP contribution in [0, 0.1) is 0 Å². The fraction of sp³-hybridized carbons (Fsp3) is 0.389. The summed E-state index contributed by atoms with van der Waals surface area (Å²) in [6, 6.07) is 5.92. The molecule has 3 heterocycles. The Hall–Kier alpha value is -3.03. The van der Waals surface area contributed by atoms with Gasteiger partial charge in [-0.1, -0.05) is 0 Å². The van der Waals surface area contributed by atoms with Crippen LogP contribution in [0.25, 0.3) is 22.6 Å². The molecule has 4 rings (SSSR count). The standard InChI is InChI=1S/C18H21N7O/c1-11(2)25-9-8-13(23-25)15-10-19-14-6-7-16(21-17(14)20-15)22-18(26)24(3)12-4-5-12/h6-12H,4-5H2,1-3H3,(H,20,21,22,26). The first-order valence-electron chi connectivity index (χ1n) is 8.74. The van der Waals surface area contributed by atoms with Crippen LogP contribution in [0.4, 0.5) is 10.6 Å². The van der Waals surface area contributed by atoms with Crippen molar-refractivity contribution in [3.05, 3.63) is 30.6 Å². The Morgan fingerprint density at radius 1 is 1.23 bits per heavy atom. The van der Waals surface area contributed by atoms with E-state index in [0.717, 1.165) is 18.5 Å². The van der Waals surface area contributed by atoms with Crippen LogP contribution in [0.15, 0.2) is 30.6 Å². The van der Waals surface area contributed by atoms with Gasteiger partial charge in [0, 0.05) is 25.3 Å². The van der Waals surface area contributed by atoms with E-state index in [0.29, 0.717) is 28.7 Å². The van der Waals surface area contributed by atoms with Gasteiger partial charge in [-0.05, 0) is 44.9 Å². The van der Waals surface area contributed by atoms with Gasteiger partial charge in [0.1, 0.15) is 22.7 Å². The van der Waals surface area contributed by atoms with Crippen molar-refractivity contribution < 1.29 is 4.79 Å². The number of rotatable bonds is 4. The molecular weight excluding hydrogens is 330 g/mol. The molecule has 134 valence electrons. The summed E-state index contributed by atoms with van der Waals surface area (Å²) in [5.74, 6) is 0.467. The molecule has 0 radical (unpaired) electrons. The summed E-state index contributed by atoms with van der Waals surface area (Å²) in [7, 11) is 1.80. The Bertz CT molecular complexity index is 961.